The van der Waals surface area contributed by atoms with Crippen molar-refractivity contribution in [1.29, 1.82) is 0 Å². The van der Waals surface area contributed by atoms with Crippen molar-refractivity contribution in [3.05, 3.63) is 0 Å². The van der Waals surface area contributed by atoms with Gasteiger partial charge in [-0.1, -0.05) is 0 Å². The highest BCUT2D eigenvalue weighted by Gasteiger charge is 2.38. The Morgan fingerprint density at radius 1 is 1.38 bits per heavy atom. The molecule has 0 spiro atoms. The molecule has 1 amide bonds. The van der Waals surface area contributed by atoms with E-state index in [0.29, 0.717) is 6.04 Å². The van der Waals surface area contributed by atoms with Crippen LogP contribution in [0.1, 0.15) is 19.8 Å². The van der Waals surface area contributed by atoms with Crippen LogP contribution in [0, 0.1) is 5.92 Å². The van der Waals surface area contributed by atoms with E-state index in [2.05, 4.69) is 11.9 Å². The minimum atomic E-state index is 0.239. The van der Waals surface area contributed by atoms with Crippen LogP contribution in [0.2, 0.25) is 0 Å². The second-order valence-corrected chi connectivity index (χ2v) is 4.37. The number of fused-ring (bicyclic) bond motifs is 1. The molecule has 0 aromatic carbocycles. The number of likely N-dealkylation sites (N-methyl/N-ethyl adjacent to an activating group) is 1. The molecular weight excluding hydrogens is 164 g/mol. The SMILES string of the molecule is CC(=O)N1CC2CCCN(C)C2C1. The van der Waals surface area contributed by atoms with Crippen molar-refractivity contribution in [2.24, 2.45) is 5.92 Å². The number of carbonyl (C=O) groups is 1. The summed E-state index contributed by atoms with van der Waals surface area (Å²) in [7, 11) is 2.18. The van der Waals surface area contributed by atoms with Crippen molar-refractivity contribution in [2.75, 3.05) is 26.7 Å². The van der Waals surface area contributed by atoms with Crippen LogP contribution in [-0.2, 0) is 4.79 Å². The van der Waals surface area contributed by atoms with Gasteiger partial charge in [0.05, 0.1) is 0 Å². The Labute approximate surface area is 79.7 Å². The van der Waals surface area contributed by atoms with E-state index in [0.717, 1.165) is 19.0 Å². The van der Waals surface area contributed by atoms with Gasteiger partial charge >= 0.3 is 0 Å². The fourth-order valence-corrected chi connectivity index (χ4v) is 2.66. The molecule has 0 bridgehead atoms. The van der Waals surface area contributed by atoms with E-state index in [1.54, 1.807) is 6.92 Å². The van der Waals surface area contributed by atoms with Crippen molar-refractivity contribution in [3.63, 3.8) is 0 Å². The predicted octanol–water partition coefficient (Wildman–Crippen LogP) is 0.559. The maximum absolute atomic E-state index is 11.2. The Morgan fingerprint density at radius 2 is 2.15 bits per heavy atom. The van der Waals surface area contributed by atoms with Crippen LogP contribution in [0.5, 0.6) is 0 Å². The lowest BCUT2D eigenvalue weighted by atomic mass is 9.93. The van der Waals surface area contributed by atoms with Crippen molar-refractivity contribution < 1.29 is 4.79 Å². The van der Waals surface area contributed by atoms with Gasteiger partial charge in [0.25, 0.3) is 0 Å². The van der Waals surface area contributed by atoms with Gasteiger partial charge in [-0.25, -0.2) is 0 Å². The number of piperidine rings is 1. The highest BCUT2D eigenvalue weighted by Crippen LogP contribution is 2.29. The Kier molecular flexibility index (Phi) is 2.28. The second-order valence-electron chi connectivity index (χ2n) is 4.37. The molecule has 2 heterocycles. The summed E-state index contributed by atoms with van der Waals surface area (Å²) >= 11 is 0. The maximum atomic E-state index is 11.2. The Balaban J connectivity index is 2.04. The summed E-state index contributed by atoms with van der Waals surface area (Å²) in [6.07, 6.45) is 2.60. The van der Waals surface area contributed by atoms with Crippen molar-refractivity contribution >= 4 is 5.91 Å². The number of hydrogen-bond donors (Lipinski definition) is 0. The maximum Gasteiger partial charge on any atom is 0.219 e. The molecular formula is C10H18N2O. The highest BCUT2D eigenvalue weighted by molar-refractivity contribution is 5.73. The predicted molar refractivity (Wildman–Crippen MR) is 51.4 cm³/mol. The summed E-state index contributed by atoms with van der Waals surface area (Å²) in [6, 6.07) is 0.637. The summed E-state index contributed by atoms with van der Waals surface area (Å²) in [6.45, 7) is 4.82. The third-order valence-electron chi connectivity index (χ3n) is 3.50. The Hall–Kier alpha value is -0.570. The van der Waals surface area contributed by atoms with E-state index in [1.165, 1.54) is 19.4 Å². The lowest BCUT2D eigenvalue weighted by Gasteiger charge is -2.33. The topological polar surface area (TPSA) is 23.6 Å². The molecule has 2 fully saturated rings. The van der Waals surface area contributed by atoms with Gasteiger partial charge in [-0.2, -0.15) is 0 Å². The molecule has 2 rings (SSSR count). The molecule has 3 nitrogen and oxygen atoms in total. The molecule has 13 heavy (non-hydrogen) atoms. The van der Waals surface area contributed by atoms with E-state index in [-0.39, 0.29) is 5.91 Å². The van der Waals surface area contributed by atoms with Crippen LogP contribution >= 0.6 is 0 Å². The number of carbonyl (C=O) groups excluding carboxylic acids is 1. The zero-order chi connectivity index (χ0) is 9.42. The quantitative estimate of drug-likeness (QED) is 0.546. The molecule has 74 valence electrons. The molecule has 2 aliphatic rings. The van der Waals surface area contributed by atoms with Crippen LogP contribution in [0.4, 0.5) is 0 Å². The zero-order valence-electron chi connectivity index (χ0n) is 8.49. The van der Waals surface area contributed by atoms with Gasteiger partial charge in [-0.3, -0.25) is 4.79 Å². The zero-order valence-corrected chi connectivity index (χ0v) is 8.49. The van der Waals surface area contributed by atoms with Crippen LogP contribution < -0.4 is 0 Å². The van der Waals surface area contributed by atoms with Gasteiger partial charge in [0.1, 0.15) is 0 Å². The van der Waals surface area contributed by atoms with Crippen molar-refractivity contribution in [1.82, 2.24) is 9.80 Å². The summed E-state index contributed by atoms with van der Waals surface area (Å²) in [5.74, 6) is 0.977. The Bertz CT molecular complexity index is 217. The van der Waals surface area contributed by atoms with Gasteiger partial charge in [0, 0.05) is 26.1 Å². The molecule has 3 heteroatoms. The largest absolute Gasteiger partial charge is 0.341 e. The van der Waals surface area contributed by atoms with Crippen molar-refractivity contribution in [2.45, 2.75) is 25.8 Å². The number of likely N-dealkylation sites (tertiary alicyclic amines) is 2. The normalized spacial score (nSPS) is 34.8. The van der Waals surface area contributed by atoms with Crippen LogP contribution in [0.25, 0.3) is 0 Å². The second kappa shape index (κ2) is 3.29. The Morgan fingerprint density at radius 3 is 2.77 bits per heavy atom. The third-order valence-corrected chi connectivity index (χ3v) is 3.50. The number of amides is 1. The first kappa shape index (κ1) is 9.00. The van der Waals surface area contributed by atoms with E-state index < -0.39 is 0 Å². The van der Waals surface area contributed by atoms with E-state index in [9.17, 15) is 4.79 Å². The number of hydrogen-bond acceptors (Lipinski definition) is 2. The summed E-state index contributed by atoms with van der Waals surface area (Å²) < 4.78 is 0. The first-order valence-electron chi connectivity index (χ1n) is 5.14. The fraction of sp³-hybridized carbons (Fsp3) is 0.900. The molecule has 0 saturated carbocycles. The van der Waals surface area contributed by atoms with Gasteiger partial charge in [0.2, 0.25) is 5.91 Å². The van der Waals surface area contributed by atoms with Gasteiger partial charge in [0.15, 0.2) is 0 Å². The molecule has 2 aliphatic heterocycles. The molecule has 0 aliphatic carbocycles. The molecule has 0 radical (unpaired) electrons. The van der Waals surface area contributed by atoms with E-state index in [4.69, 9.17) is 0 Å². The molecule has 0 N–H and O–H groups in total. The average molecular weight is 182 g/mol. The summed E-state index contributed by atoms with van der Waals surface area (Å²) in [4.78, 5) is 15.6. The molecule has 2 atom stereocenters. The van der Waals surface area contributed by atoms with Crippen LogP contribution in [0.15, 0.2) is 0 Å². The summed E-state index contributed by atoms with van der Waals surface area (Å²) in [5, 5.41) is 0. The highest BCUT2D eigenvalue weighted by atomic mass is 16.2. The fourth-order valence-electron chi connectivity index (χ4n) is 2.66. The minimum Gasteiger partial charge on any atom is -0.341 e. The summed E-state index contributed by atoms with van der Waals surface area (Å²) in [5.41, 5.74) is 0. The van der Waals surface area contributed by atoms with Crippen molar-refractivity contribution in [3.8, 4) is 0 Å². The molecule has 2 saturated heterocycles. The van der Waals surface area contributed by atoms with Gasteiger partial charge in [-0.15, -0.1) is 0 Å². The lowest BCUT2D eigenvalue weighted by Crippen LogP contribution is -2.42. The van der Waals surface area contributed by atoms with Gasteiger partial charge in [-0.05, 0) is 32.4 Å². The standard InChI is InChI=1S/C10H18N2O/c1-8(13)12-6-9-4-3-5-11(2)10(9)7-12/h9-10H,3-7H2,1-2H3. The third kappa shape index (κ3) is 1.57. The van der Waals surface area contributed by atoms with Crippen LogP contribution in [0.3, 0.4) is 0 Å². The average Bonchev–Trinajstić information content (AvgIpc) is 2.49. The molecule has 0 aromatic heterocycles. The van der Waals surface area contributed by atoms with E-state index in [1.807, 2.05) is 4.90 Å². The lowest BCUT2D eigenvalue weighted by molar-refractivity contribution is -0.128. The first-order valence-corrected chi connectivity index (χ1v) is 5.14. The molecule has 0 aromatic rings. The monoisotopic (exact) mass is 182 g/mol. The van der Waals surface area contributed by atoms with E-state index >= 15 is 0 Å². The van der Waals surface area contributed by atoms with Crippen LogP contribution in [-0.4, -0.2) is 48.4 Å². The smallest absolute Gasteiger partial charge is 0.219 e. The minimum absolute atomic E-state index is 0.239. The number of rotatable bonds is 0. The van der Waals surface area contributed by atoms with Gasteiger partial charge < -0.3 is 9.80 Å². The first-order chi connectivity index (χ1) is 6.18. The number of nitrogens with zero attached hydrogens (tertiary/aromatic N) is 2. The molecule has 2 unspecified atom stereocenters.